The summed E-state index contributed by atoms with van der Waals surface area (Å²) in [5, 5.41) is 8.68. The monoisotopic (exact) mass is 280 g/mol. The third-order valence-corrected chi connectivity index (χ3v) is 3.16. The Morgan fingerprint density at radius 2 is 1.62 bits per heavy atom. The lowest BCUT2D eigenvalue weighted by Gasteiger charge is -2.07. The van der Waals surface area contributed by atoms with Gasteiger partial charge in [0.25, 0.3) is 0 Å². The van der Waals surface area contributed by atoms with Crippen molar-refractivity contribution in [3.63, 3.8) is 0 Å². The topological polar surface area (TPSA) is 29.5 Å². The summed E-state index contributed by atoms with van der Waals surface area (Å²) in [6.45, 7) is 2.82. The van der Waals surface area contributed by atoms with Crippen LogP contribution in [0.2, 0.25) is 0 Å². The number of ether oxygens (including phenoxy) is 1. The maximum absolute atomic E-state index is 8.68. The second-order valence-corrected chi connectivity index (χ2v) is 4.76. The maximum Gasteiger partial charge on any atom is 0.119 e. The van der Waals surface area contributed by atoms with Crippen LogP contribution in [0.25, 0.3) is 0 Å². The van der Waals surface area contributed by atoms with Crippen LogP contribution >= 0.6 is 0 Å². The second-order valence-electron chi connectivity index (χ2n) is 4.76. The van der Waals surface area contributed by atoms with E-state index in [2.05, 4.69) is 43.0 Å². The van der Waals surface area contributed by atoms with E-state index >= 15 is 0 Å². The molecule has 0 aliphatic carbocycles. The lowest BCUT2D eigenvalue weighted by atomic mass is 10.1. The van der Waals surface area contributed by atoms with Gasteiger partial charge < -0.3 is 9.84 Å². The van der Waals surface area contributed by atoms with Crippen LogP contribution in [0.1, 0.15) is 30.0 Å². The fraction of sp³-hybridized carbons (Fsp3) is 0.263. The van der Waals surface area contributed by atoms with Crippen LogP contribution in [0.4, 0.5) is 0 Å². The zero-order valence-corrected chi connectivity index (χ0v) is 12.3. The van der Waals surface area contributed by atoms with E-state index in [1.165, 1.54) is 11.1 Å². The predicted octanol–water partition coefficient (Wildman–Crippen LogP) is 3.56. The number of aliphatic hydroxyl groups excluding tert-OH is 1. The summed E-state index contributed by atoms with van der Waals surface area (Å²) in [5.74, 6) is 6.73. The molecule has 0 spiro atoms. The second kappa shape index (κ2) is 8.14. The minimum Gasteiger partial charge on any atom is -0.489 e. The molecule has 0 aliphatic rings. The summed E-state index contributed by atoms with van der Waals surface area (Å²) in [4.78, 5) is 0. The standard InChI is InChI=1S/C19H20O2/c1-2-16-6-8-18(9-7-16)15-21-19-12-10-17(11-13-19)5-3-4-14-20/h6-13,20H,2,4,14-15H2,1H3. The molecular formula is C19H20O2. The van der Waals surface area contributed by atoms with Crippen molar-refractivity contribution in [2.24, 2.45) is 0 Å². The quantitative estimate of drug-likeness (QED) is 0.849. The van der Waals surface area contributed by atoms with E-state index in [0.717, 1.165) is 17.7 Å². The van der Waals surface area contributed by atoms with Crippen molar-refractivity contribution >= 4 is 0 Å². The Balaban J connectivity index is 1.89. The Kier molecular flexibility index (Phi) is 5.87. The van der Waals surface area contributed by atoms with Gasteiger partial charge in [-0.25, -0.2) is 0 Å². The smallest absolute Gasteiger partial charge is 0.119 e. The maximum atomic E-state index is 8.68. The molecule has 108 valence electrons. The fourth-order valence-electron chi connectivity index (χ4n) is 1.89. The lowest BCUT2D eigenvalue weighted by Crippen LogP contribution is -1.95. The van der Waals surface area contributed by atoms with Crippen molar-refractivity contribution in [1.82, 2.24) is 0 Å². The van der Waals surface area contributed by atoms with E-state index in [-0.39, 0.29) is 6.61 Å². The Hall–Kier alpha value is -2.24. The third-order valence-electron chi connectivity index (χ3n) is 3.16. The normalized spacial score (nSPS) is 9.81. The van der Waals surface area contributed by atoms with E-state index < -0.39 is 0 Å². The molecule has 0 aliphatic heterocycles. The highest BCUT2D eigenvalue weighted by Crippen LogP contribution is 2.14. The number of aryl methyl sites for hydroxylation is 1. The van der Waals surface area contributed by atoms with Gasteiger partial charge in [-0.2, -0.15) is 0 Å². The lowest BCUT2D eigenvalue weighted by molar-refractivity contribution is 0.305. The molecule has 0 bridgehead atoms. The van der Waals surface area contributed by atoms with Crippen molar-refractivity contribution in [1.29, 1.82) is 0 Å². The van der Waals surface area contributed by atoms with Crippen molar-refractivity contribution in [3.8, 4) is 17.6 Å². The summed E-state index contributed by atoms with van der Waals surface area (Å²) in [6.07, 6.45) is 1.56. The molecule has 1 N–H and O–H groups in total. The van der Waals surface area contributed by atoms with Crippen LogP contribution in [0.3, 0.4) is 0 Å². The fourth-order valence-corrected chi connectivity index (χ4v) is 1.89. The average molecular weight is 280 g/mol. The van der Waals surface area contributed by atoms with Gasteiger partial charge in [-0.1, -0.05) is 43.0 Å². The molecule has 2 nitrogen and oxygen atoms in total. The molecule has 21 heavy (non-hydrogen) atoms. The number of rotatable bonds is 5. The molecule has 0 fully saturated rings. The molecule has 0 amide bonds. The number of benzene rings is 2. The van der Waals surface area contributed by atoms with Gasteiger partial charge in [-0.05, 0) is 41.8 Å². The highest BCUT2D eigenvalue weighted by molar-refractivity contribution is 5.38. The SMILES string of the molecule is CCc1ccc(COc2ccc(C#CCCO)cc2)cc1. The van der Waals surface area contributed by atoms with Crippen molar-refractivity contribution in [3.05, 3.63) is 65.2 Å². The van der Waals surface area contributed by atoms with Crippen LogP contribution in [-0.2, 0) is 13.0 Å². The van der Waals surface area contributed by atoms with E-state index in [9.17, 15) is 0 Å². The Bertz CT molecular complexity index is 601. The largest absolute Gasteiger partial charge is 0.489 e. The van der Waals surface area contributed by atoms with Gasteiger partial charge >= 0.3 is 0 Å². The predicted molar refractivity (Wildman–Crippen MR) is 85.2 cm³/mol. The zero-order chi connectivity index (χ0) is 14.9. The van der Waals surface area contributed by atoms with Crippen LogP contribution in [0, 0.1) is 11.8 Å². The molecule has 2 aromatic rings. The minimum absolute atomic E-state index is 0.102. The zero-order valence-electron chi connectivity index (χ0n) is 12.3. The van der Waals surface area contributed by atoms with Gasteiger partial charge in [0.2, 0.25) is 0 Å². The van der Waals surface area contributed by atoms with Gasteiger partial charge in [0.1, 0.15) is 12.4 Å². The van der Waals surface area contributed by atoms with E-state index in [0.29, 0.717) is 13.0 Å². The molecule has 0 atom stereocenters. The molecule has 0 saturated carbocycles. The summed E-state index contributed by atoms with van der Waals surface area (Å²) < 4.78 is 5.76. The van der Waals surface area contributed by atoms with Crippen LogP contribution in [0.15, 0.2) is 48.5 Å². The van der Waals surface area contributed by atoms with E-state index in [4.69, 9.17) is 9.84 Å². The van der Waals surface area contributed by atoms with Crippen LogP contribution < -0.4 is 4.74 Å². The summed E-state index contributed by atoms with van der Waals surface area (Å²) in [6, 6.07) is 16.2. The average Bonchev–Trinajstić information content (AvgIpc) is 2.55. The molecule has 0 radical (unpaired) electrons. The van der Waals surface area contributed by atoms with E-state index in [1.807, 2.05) is 24.3 Å². The van der Waals surface area contributed by atoms with Crippen LogP contribution in [0.5, 0.6) is 5.75 Å². The van der Waals surface area contributed by atoms with Gasteiger partial charge in [-0.3, -0.25) is 0 Å². The molecular weight excluding hydrogens is 260 g/mol. The highest BCUT2D eigenvalue weighted by atomic mass is 16.5. The molecule has 0 unspecified atom stereocenters. The Morgan fingerprint density at radius 3 is 2.24 bits per heavy atom. The first kappa shape index (κ1) is 15.2. The summed E-state index contributed by atoms with van der Waals surface area (Å²) in [7, 11) is 0. The Labute approximate surface area is 126 Å². The van der Waals surface area contributed by atoms with Crippen molar-refractivity contribution < 1.29 is 9.84 Å². The van der Waals surface area contributed by atoms with Gasteiger partial charge in [-0.15, -0.1) is 0 Å². The van der Waals surface area contributed by atoms with Crippen molar-refractivity contribution in [2.45, 2.75) is 26.4 Å². The number of hydrogen-bond donors (Lipinski definition) is 1. The number of aliphatic hydroxyl groups is 1. The molecule has 2 rings (SSSR count). The molecule has 0 saturated heterocycles. The first-order valence-electron chi connectivity index (χ1n) is 7.22. The Morgan fingerprint density at radius 1 is 0.952 bits per heavy atom. The first-order chi connectivity index (χ1) is 10.3. The molecule has 0 heterocycles. The van der Waals surface area contributed by atoms with E-state index in [1.54, 1.807) is 0 Å². The first-order valence-corrected chi connectivity index (χ1v) is 7.22. The van der Waals surface area contributed by atoms with Crippen LogP contribution in [-0.4, -0.2) is 11.7 Å². The minimum atomic E-state index is 0.102. The molecule has 2 heteroatoms. The molecule has 2 aromatic carbocycles. The summed E-state index contributed by atoms with van der Waals surface area (Å²) >= 11 is 0. The molecule has 0 aromatic heterocycles. The summed E-state index contributed by atoms with van der Waals surface area (Å²) in [5.41, 5.74) is 3.44. The van der Waals surface area contributed by atoms with Gasteiger partial charge in [0.05, 0.1) is 6.61 Å². The van der Waals surface area contributed by atoms with Crippen molar-refractivity contribution in [2.75, 3.05) is 6.61 Å². The van der Waals surface area contributed by atoms with Gasteiger partial charge in [0.15, 0.2) is 0 Å². The van der Waals surface area contributed by atoms with Gasteiger partial charge in [0, 0.05) is 12.0 Å². The number of hydrogen-bond acceptors (Lipinski definition) is 2. The highest BCUT2D eigenvalue weighted by Gasteiger charge is 1.97. The third kappa shape index (κ3) is 4.98.